The van der Waals surface area contributed by atoms with Gasteiger partial charge in [0.2, 0.25) is 5.91 Å². The largest absolute Gasteiger partial charge is 0.492 e. The first-order chi connectivity index (χ1) is 12.8. The van der Waals surface area contributed by atoms with Gasteiger partial charge >= 0.3 is 6.09 Å². The predicted octanol–water partition coefficient (Wildman–Crippen LogP) is 4.16. The van der Waals surface area contributed by atoms with Gasteiger partial charge in [-0.2, -0.15) is 0 Å². The number of carbonyl (C=O) groups excluding carboxylic acids is 2. The van der Waals surface area contributed by atoms with E-state index in [4.69, 9.17) is 9.47 Å². The summed E-state index contributed by atoms with van der Waals surface area (Å²) < 4.78 is 10.9. The van der Waals surface area contributed by atoms with Gasteiger partial charge in [-0.05, 0) is 52.7 Å². The molecule has 1 fully saturated rings. The summed E-state index contributed by atoms with van der Waals surface area (Å²) in [6, 6.07) is 7.44. The lowest BCUT2D eigenvalue weighted by Crippen LogP contribution is -2.42. The summed E-state index contributed by atoms with van der Waals surface area (Å²) in [6.45, 7) is 9.42. The fourth-order valence-corrected chi connectivity index (χ4v) is 3.77. The van der Waals surface area contributed by atoms with Crippen molar-refractivity contribution >= 4 is 29.4 Å². The summed E-state index contributed by atoms with van der Waals surface area (Å²) >= 11 is 1.64. The van der Waals surface area contributed by atoms with Crippen LogP contribution in [0.15, 0.2) is 24.3 Å². The summed E-state index contributed by atoms with van der Waals surface area (Å²) in [7, 11) is 0. The smallest absolute Gasteiger partial charge is 0.410 e. The van der Waals surface area contributed by atoms with Crippen molar-refractivity contribution in [3.05, 3.63) is 24.3 Å². The normalized spacial score (nSPS) is 15.3. The fraction of sp³-hybridized carbons (Fsp3) is 0.600. The zero-order chi connectivity index (χ0) is 19.9. The van der Waals surface area contributed by atoms with Crippen LogP contribution in [0, 0.1) is 0 Å². The molecule has 0 unspecified atom stereocenters. The van der Waals surface area contributed by atoms with Gasteiger partial charge in [-0.3, -0.25) is 4.79 Å². The lowest BCUT2D eigenvalue weighted by Gasteiger charge is -2.33. The van der Waals surface area contributed by atoms with Crippen LogP contribution in [0.2, 0.25) is 0 Å². The van der Waals surface area contributed by atoms with Crippen LogP contribution in [0.1, 0.15) is 40.5 Å². The summed E-state index contributed by atoms with van der Waals surface area (Å²) in [5, 5.41) is 3.29. The lowest BCUT2D eigenvalue weighted by atomic mass is 10.1. The molecule has 0 spiro atoms. The molecule has 1 aromatic rings. The third-order valence-electron chi connectivity index (χ3n) is 4.00. The van der Waals surface area contributed by atoms with Crippen molar-refractivity contribution in [1.29, 1.82) is 0 Å². The Morgan fingerprint density at radius 1 is 1.22 bits per heavy atom. The molecule has 1 aliphatic rings. The van der Waals surface area contributed by atoms with Crippen LogP contribution >= 0.6 is 11.8 Å². The Labute approximate surface area is 166 Å². The van der Waals surface area contributed by atoms with E-state index >= 15 is 0 Å². The van der Waals surface area contributed by atoms with Crippen molar-refractivity contribution in [2.45, 2.75) is 51.4 Å². The van der Waals surface area contributed by atoms with Gasteiger partial charge in [0.15, 0.2) is 0 Å². The Morgan fingerprint density at radius 3 is 2.52 bits per heavy atom. The van der Waals surface area contributed by atoms with E-state index in [9.17, 15) is 9.59 Å². The number of amides is 2. The topological polar surface area (TPSA) is 67.9 Å². The third-order valence-corrected chi connectivity index (χ3v) is 5.38. The molecule has 150 valence electrons. The lowest BCUT2D eigenvalue weighted by molar-refractivity contribution is -0.113. The van der Waals surface area contributed by atoms with Gasteiger partial charge in [0.1, 0.15) is 11.4 Å². The number of benzene rings is 1. The van der Waals surface area contributed by atoms with E-state index in [1.165, 1.54) is 0 Å². The quantitative estimate of drug-likeness (QED) is 0.785. The Kier molecular flexibility index (Phi) is 7.83. The van der Waals surface area contributed by atoms with Gasteiger partial charge in [0.25, 0.3) is 0 Å². The van der Waals surface area contributed by atoms with E-state index in [-0.39, 0.29) is 12.0 Å². The SMILES string of the molecule is CCOc1ccccc1NC(=O)CSC1CCN(C(=O)OC(C)(C)C)CC1. The number of thioether (sulfide) groups is 1. The number of anilines is 1. The van der Waals surface area contributed by atoms with E-state index in [0.717, 1.165) is 12.8 Å². The van der Waals surface area contributed by atoms with Crippen LogP contribution in [-0.2, 0) is 9.53 Å². The Morgan fingerprint density at radius 2 is 1.89 bits per heavy atom. The minimum absolute atomic E-state index is 0.0401. The molecule has 1 aromatic carbocycles. The molecule has 7 heteroatoms. The molecule has 0 radical (unpaired) electrons. The van der Waals surface area contributed by atoms with Crippen LogP contribution in [0.4, 0.5) is 10.5 Å². The van der Waals surface area contributed by atoms with Crippen molar-refractivity contribution in [1.82, 2.24) is 4.90 Å². The molecule has 0 saturated carbocycles. The Bertz CT molecular complexity index is 637. The van der Waals surface area contributed by atoms with Crippen LogP contribution < -0.4 is 10.1 Å². The molecule has 0 bridgehead atoms. The zero-order valence-corrected chi connectivity index (χ0v) is 17.4. The zero-order valence-electron chi connectivity index (χ0n) is 16.6. The summed E-state index contributed by atoms with van der Waals surface area (Å²) in [6.07, 6.45) is 1.48. The van der Waals surface area contributed by atoms with Gasteiger partial charge < -0.3 is 19.7 Å². The van der Waals surface area contributed by atoms with Crippen LogP contribution in [0.3, 0.4) is 0 Å². The molecular weight excluding hydrogens is 364 g/mol. The van der Waals surface area contributed by atoms with Crippen molar-refractivity contribution in [2.75, 3.05) is 30.8 Å². The van der Waals surface area contributed by atoms with Crippen molar-refractivity contribution in [3.8, 4) is 5.75 Å². The molecule has 1 N–H and O–H groups in total. The maximum atomic E-state index is 12.3. The summed E-state index contributed by atoms with van der Waals surface area (Å²) in [5.41, 5.74) is 0.225. The second-order valence-electron chi connectivity index (χ2n) is 7.46. The monoisotopic (exact) mass is 394 g/mol. The summed E-state index contributed by atoms with van der Waals surface area (Å²) in [4.78, 5) is 26.1. The molecule has 0 aromatic heterocycles. The molecule has 1 aliphatic heterocycles. The number of nitrogens with zero attached hydrogens (tertiary/aromatic N) is 1. The highest BCUT2D eigenvalue weighted by Crippen LogP contribution is 2.26. The standard InChI is InChI=1S/C20H30N2O4S/c1-5-25-17-9-7-6-8-16(17)21-18(23)14-27-15-10-12-22(13-11-15)19(24)26-20(2,3)4/h6-9,15H,5,10-14H2,1-4H3,(H,21,23). The minimum Gasteiger partial charge on any atom is -0.492 e. The van der Waals surface area contributed by atoms with Crippen LogP contribution in [-0.4, -0.2) is 53.2 Å². The third kappa shape index (κ3) is 7.33. The van der Waals surface area contributed by atoms with E-state index in [1.54, 1.807) is 16.7 Å². The molecular formula is C20H30N2O4S. The van der Waals surface area contributed by atoms with Gasteiger partial charge in [0, 0.05) is 18.3 Å². The minimum atomic E-state index is -0.474. The van der Waals surface area contributed by atoms with Gasteiger partial charge in [0.05, 0.1) is 18.0 Å². The fourth-order valence-electron chi connectivity index (χ4n) is 2.76. The number of likely N-dealkylation sites (tertiary alicyclic amines) is 1. The number of para-hydroxylation sites is 2. The van der Waals surface area contributed by atoms with Gasteiger partial charge in [-0.15, -0.1) is 11.8 Å². The number of hydrogen-bond donors (Lipinski definition) is 1. The number of rotatable bonds is 6. The number of hydrogen-bond acceptors (Lipinski definition) is 5. The molecule has 1 saturated heterocycles. The van der Waals surface area contributed by atoms with Crippen LogP contribution in [0.5, 0.6) is 5.75 Å². The van der Waals surface area contributed by atoms with E-state index in [0.29, 0.717) is 42.1 Å². The highest BCUT2D eigenvalue weighted by atomic mass is 32.2. The van der Waals surface area contributed by atoms with E-state index < -0.39 is 5.60 Å². The maximum Gasteiger partial charge on any atom is 0.410 e. The highest BCUT2D eigenvalue weighted by molar-refractivity contribution is 8.00. The molecule has 2 amide bonds. The first-order valence-electron chi connectivity index (χ1n) is 9.39. The molecule has 0 atom stereocenters. The number of nitrogens with one attached hydrogen (secondary N) is 1. The van der Waals surface area contributed by atoms with Crippen molar-refractivity contribution in [2.24, 2.45) is 0 Å². The predicted molar refractivity (Wildman–Crippen MR) is 110 cm³/mol. The van der Waals surface area contributed by atoms with E-state index in [2.05, 4.69) is 5.32 Å². The highest BCUT2D eigenvalue weighted by Gasteiger charge is 2.27. The first kappa shape index (κ1) is 21.4. The number of piperidine rings is 1. The van der Waals surface area contributed by atoms with Crippen molar-refractivity contribution in [3.63, 3.8) is 0 Å². The Hall–Kier alpha value is -1.89. The van der Waals surface area contributed by atoms with Gasteiger partial charge in [-0.25, -0.2) is 4.79 Å². The average molecular weight is 395 g/mol. The molecule has 1 heterocycles. The van der Waals surface area contributed by atoms with Crippen molar-refractivity contribution < 1.29 is 19.1 Å². The van der Waals surface area contributed by atoms with Gasteiger partial charge in [-0.1, -0.05) is 12.1 Å². The second kappa shape index (κ2) is 9.88. The van der Waals surface area contributed by atoms with E-state index in [1.807, 2.05) is 52.0 Å². The number of ether oxygens (including phenoxy) is 2. The average Bonchev–Trinajstić information content (AvgIpc) is 2.61. The summed E-state index contributed by atoms with van der Waals surface area (Å²) in [5.74, 6) is 1.03. The maximum absolute atomic E-state index is 12.3. The molecule has 27 heavy (non-hydrogen) atoms. The Balaban J connectivity index is 1.74. The van der Waals surface area contributed by atoms with Crippen LogP contribution in [0.25, 0.3) is 0 Å². The first-order valence-corrected chi connectivity index (χ1v) is 10.4. The molecule has 6 nitrogen and oxygen atoms in total. The molecule has 2 rings (SSSR count). The molecule has 0 aliphatic carbocycles. The number of carbonyl (C=O) groups is 2. The second-order valence-corrected chi connectivity index (χ2v) is 8.74.